The third kappa shape index (κ3) is 4.18. The summed E-state index contributed by atoms with van der Waals surface area (Å²) in [4.78, 5) is 26.4. The molecule has 0 radical (unpaired) electrons. The highest BCUT2D eigenvalue weighted by atomic mass is 19.1. The molecule has 0 fully saturated rings. The second-order valence-corrected chi connectivity index (χ2v) is 9.49. The van der Waals surface area contributed by atoms with Gasteiger partial charge in [0.2, 0.25) is 5.95 Å². The van der Waals surface area contributed by atoms with Crippen molar-refractivity contribution in [2.24, 2.45) is 0 Å². The van der Waals surface area contributed by atoms with Crippen molar-refractivity contribution in [3.05, 3.63) is 69.5 Å². The number of alkyl halides is 1. The molecule has 0 aliphatic carbocycles. The predicted molar refractivity (Wildman–Crippen MR) is 131 cm³/mol. The van der Waals surface area contributed by atoms with Crippen molar-refractivity contribution in [1.82, 2.24) is 29.6 Å². The number of rotatable bonds is 5. The number of benzene rings is 1. The molecule has 1 aliphatic rings. The van der Waals surface area contributed by atoms with Crippen LogP contribution in [0.5, 0.6) is 0 Å². The quantitative estimate of drug-likeness (QED) is 0.444. The number of hydrogen-bond acceptors (Lipinski definition) is 6. The average Bonchev–Trinajstić information content (AvgIpc) is 3.10. The van der Waals surface area contributed by atoms with Gasteiger partial charge in [-0.15, -0.1) is 0 Å². The maximum absolute atomic E-state index is 14.7. The molecule has 35 heavy (non-hydrogen) atoms. The summed E-state index contributed by atoms with van der Waals surface area (Å²) >= 11 is 0. The van der Waals surface area contributed by atoms with Gasteiger partial charge < -0.3 is 10.6 Å². The van der Waals surface area contributed by atoms with Gasteiger partial charge in [0.1, 0.15) is 22.6 Å². The van der Waals surface area contributed by atoms with E-state index >= 15 is 0 Å². The van der Waals surface area contributed by atoms with Crippen LogP contribution in [0.2, 0.25) is 0 Å². The molecular weight excluding hydrogens is 452 g/mol. The van der Waals surface area contributed by atoms with Crippen LogP contribution >= 0.6 is 0 Å². The van der Waals surface area contributed by atoms with E-state index in [1.807, 2.05) is 19.9 Å². The summed E-state index contributed by atoms with van der Waals surface area (Å²) < 4.78 is 32.0. The van der Waals surface area contributed by atoms with E-state index < -0.39 is 11.5 Å². The minimum atomic E-state index is -2.00. The summed E-state index contributed by atoms with van der Waals surface area (Å²) in [6, 6.07) is 8.41. The number of aromatic nitrogens is 5. The molecule has 0 amide bonds. The maximum Gasteiger partial charge on any atom is 0.278 e. The molecule has 1 aromatic carbocycles. The number of anilines is 2. The molecule has 0 bridgehead atoms. The van der Waals surface area contributed by atoms with Gasteiger partial charge >= 0.3 is 0 Å². The zero-order valence-electron chi connectivity index (χ0n) is 20.1. The van der Waals surface area contributed by atoms with Gasteiger partial charge in [0.25, 0.3) is 5.56 Å². The van der Waals surface area contributed by atoms with Crippen LogP contribution in [0, 0.1) is 5.82 Å². The lowest BCUT2D eigenvalue weighted by Gasteiger charge is -2.19. The lowest BCUT2D eigenvalue weighted by Crippen LogP contribution is -2.25. The van der Waals surface area contributed by atoms with Crippen LogP contribution in [0.15, 0.2) is 41.3 Å². The van der Waals surface area contributed by atoms with Crippen molar-refractivity contribution >= 4 is 22.7 Å². The molecule has 0 unspecified atom stereocenters. The zero-order valence-corrected chi connectivity index (χ0v) is 20.1. The average molecular weight is 480 g/mol. The molecule has 3 aromatic heterocycles. The van der Waals surface area contributed by atoms with Gasteiger partial charge in [0, 0.05) is 24.5 Å². The van der Waals surface area contributed by atoms with Crippen molar-refractivity contribution in [1.29, 1.82) is 0 Å². The highest BCUT2D eigenvalue weighted by molar-refractivity contribution is 5.77. The van der Waals surface area contributed by atoms with Gasteiger partial charge in [-0.25, -0.2) is 28.1 Å². The molecule has 0 spiro atoms. The topological polar surface area (TPSA) is 89.7 Å². The summed E-state index contributed by atoms with van der Waals surface area (Å²) in [5.41, 5.74) is 0.982. The molecule has 0 atom stereocenters. The van der Waals surface area contributed by atoms with Gasteiger partial charge in [-0.05, 0) is 76.1 Å². The van der Waals surface area contributed by atoms with Crippen LogP contribution in [0.4, 0.5) is 20.4 Å². The van der Waals surface area contributed by atoms with E-state index in [-0.39, 0.29) is 28.5 Å². The largest absolute Gasteiger partial charge is 0.324 e. The van der Waals surface area contributed by atoms with Gasteiger partial charge in [-0.3, -0.25) is 4.79 Å². The van der Waals surface area contributed by atoms with Crippen LogP contribution in [-0.2, 0) is 18.6 Å². The first-order chi connectivity index (χ1) is 16.6. The maximum atomic E-state index is 14.7. The predicted octanol–water partition coefficient (Wildman–Crippen LogP) is 4.29. The van der Waals surface area contributed by atoms with Crippen molar-refractivity contribution in [2.75, 3.05) is 11.9 Å². The minimum absolute atomic E-state index is 0.192. The Labute approximate surface area is 201 Å². The zero-order chi connectivity index (χ0) is 24.9. The first-order valence-corrected chi connectivity index (χ1v) is 11.6. The van der Waals surface area contributed by atoms with E-state index in [9.17, 15) is 13.6 Å². The Morgan fingerprint density at radius 2 is 1.94 bits per heavy atom. The fourth-order valence-corrected chi connectivity index (χ4v) is 4.40. The molecule has 4 heterocycles. The van der Waals surface area contributed by atoms with Gasteiger partial charge in [0.15, 0.2) is 11.5 Å². The molecule has 8 nitrogen and oxygen atoms in total. The molecule has 182 valence electrons. The van der Waals surface area contributed by atoms with E-state index in [1.165, 1.54) is 46.6 Å². The molecule has 10 heteroatoms. The Morgan fingerprint density at radius 3 is 2.69 bits per heavy atom. The lowest BCUT2D eigenvalue weighted by atomic mass is 10.0. The smallest absolute Gasteiger partial charge is 0.278 e. The van der Waals surface area contributed by atoms with Crippen LogP contribution in [0.3, 0.4) is 0 Å². The summed E-state index contributed by atoms with van der Waals surface area (Å²) in [5.74, 6) is -0.267. The number of pyridine rings is 1. The second-order valence-electron chi connectivity index (χ2n) is 9.49. The Bertz CT molecular complexity index is 1480. The summed E-state index contributed by atoms with van der Waals surface area (Å²) in [5, 5.41) is 6.86. The highest BCUT2D eigenvalue weighted by Crippen LogP contribution is 2.28. The SMILES string of the molecule is CC(C)n1c(=O)c2cnc(Nc3ccc4c(c3)CNCC4)nc2n1-c1ccc(F)c(C(C)(C)F)n1. The Hall–Kier alpha value is -3.66. The van der Waals surface area contributed by atoms with E-state index in [2.05, 4.69) is 37.7 Å². The van der Waals surface area contributed by atoms with E-state index in [1.54, 1.807) is 0 Å². The van der Waals surface area contributed by atoms with E-state index in [0.717, 1.165) is 31.3 Å². The van der Waals surface area contributed by atoms with Gasteiger partial charge in [-0.1, -0.05) is 6.07 Å². The molecule has 5 rings (SSSR count). The van der Waals surface area contributed by atoms with Crippen LogP contribution in [0.25, 0.3) is 16.9 Å². The van der Waals surface area contributed by atoms with Gasteiger partial charge in [0.05, 0.1) is 0 Å². The standard InChI is InChI=1S/C25H27F2N7O/c1-14(2)33-23(35)18-13-29-24(30-17-6-5-15-9-10-28-12-16(15)11-17)32-22(18)34(33)20-8-7-19(26)21(31-20)25(3,4)27/h5-8,11,13-14,28H,9-10,12H2,1-4H3,(H,29,30,32). The number of nitrogens with zero attached hydrogens (tertiary/aromatic N) is 5. The monoisotopic (exact) mass is 479 g/mol. The summed E-state index contributed by atoms with van der Waals surface area (Å²) in [6.07, 6.45) is 2.45. The number of fused-ring (bicyclic) bond motifs is 2. The van der Waals surface area contributed by atoms with Crippen molar-refractivity contribution in [3.63, 3.8) is 0 Å². The summed E-state index contributed by atoms with van der Waals surface area (Å²) in [7, 11) is 0. The number of halogens is 2. The molecule has 4 aromatic rings. The Balaban J connectivity index is 1.64. The van der Waals surface area contributed by atoms with Crippen LogP contribution in [0.1, 0.15) is 50.6 Å². The van der Waals surface area contributed by atoms with Crippen molar-refractivity contribution in [2.45, 2.75) is 52.4 Å². The third-order valence-electron chi connectivity index (χ3n) is 6.07. The second kappa shape index (κ2) is 8.53. The number of nitrogens with one attached hydrogen (secondary N) is 2. The first kappa shape index (κ1) is 23.1. The fourth-order valence-electron chi connectivity index (χ4n) is 4.40. The highest BCUT2D eigenvalue weighted by Gasteiger charge is 2.27. The Morgan fingerprint density at radius 1 is 1.14 bits per heavy atom. The summed E-state index contributed by atoms with van der Waals surface area (Å²) in [6.45, 7) is 7.92. The van der Waals surface area contributed by atoms with Crippen molar-refractivity contribution in [3.8, 4) is 5.82 Å². The first-order valence-electron chi connectivity index (χ1n) is 11.6. The molecule has 2 N–H and O–H groups in total. The van der Waals surface area contributed by atoms with E-state index in [0.29, 0.717) is 11.6 Å². The molecular formula is C25H27F2N7O. The minimum Gasteiger partial charge on any atom is -0.324 e. The lowest BCUT2D eigenvalue weighted by molar-refractivity contribution is 0.205. The normalized spacial score (nSPS) is 13.9. The van der Waals surface area contributed by atoms with Crippen molar-refractivity contribution < 1.29 is 8.78 Å². The Kier molecular flexibility index (Phi) is 5.63. The van der Waals surface area contributed by atoms with Crippen LogP contribution in [-0.4, -0.2) is 30.9 Å². The molecule has 0 saturated carbocycles. The molecule has 1 aliphatic heterocycles. The van der Waals surface area contributed by atoms with Gasteiger partial charge in [-0.2, -0.15) is 4.98 Å². The fraction of sp³-hybridized carbons (Fsp3) is 0.360. The van der Waals surface area contributed by atoms with E-state index in [4.69, 9.17) is 0 Å². The van der Waals surface area contributed by atoms with Crippen LogP contribution < -0.4 is 16.2 Å². The molecule has 0 saturated heterocycles. The third-order valence-corrected chi connectivity index (χ3v) is 6.07. The number of hydrogen-bond donors (Lipinski definition) is 2.